The van der Waals surface area contributed by atoms with Gasteiger partial charge in [0.15, 0.2) is 5.96 Å². The molecule has 0 bridgehead atoms. The maximum absolute atomic E-state index is 11.8. The van der Waals surface area contributed by atoms with E-state index < -0.39 is 0 Å². The summed E-state index contributed by atoms with van der Waals surface area (Å²) in [5.74, 6) is 1.01. The largest absolute Gasteiger partial charge is 0.352 e. The zero-order valence-corrected chi connectivity index (χ0v) is 15.0. The molecule has 5 heteroatoms. The predicted molar refractivity (Wildman–Crippen MR) is 103 cm³/mol. The normalized spacial score (nSPS) is 17.8. The summed E-state index contributed by atoms with van der Waals surface area (Å²) in [7, 11) is 1.78. The quantitative estimate of drug-likeness (QED) is 0.665. The van der Waals surface area contributed by atoms with Crippen molar-refractivity contribution in [3.63, 3.8) is 0 Å². The number of carbonyl (C=O) groups excluding carboxylic acids is 1. The Labute approximate surface area is 149 Å². The summed E-state index contributed by atoms with van der Waals surface area (Å²) in [6.45, 7) is 4.21. The van der Waals surface area contributed by atoms with Gasteiger partial charge < -0.3 is 15.5 Å². The number of benzene rings is 2. The first-order valence-corrected chi connectivity index (χ1v) is 8.92. The Morgan fingerprint density at radius 1 is 1.24 bits per heavy atom. The fourth-order valence-corrected chi connectivity index (χ4v) is 3.25. The zero-order valence-electron chi connectivity index (χ0n) is 15.0. The highest BCUT2D eigenvalue weighted by atomic mass is 16.2. The van der Waals surface area contributed by atoms with E-state index in [-0.39, 0.29) is 11.9 Å². The number of amides is 1. The average Bonchev–Trinajstić information content (AvgIpc) is 3.12. The number of nitrogens with one attached hydrogen (secondary N) is 2. The fourth-order valence-electron chi connectivity index (χ4n) is 3.25. The van der Waals surface area contributed by atoms with E-state index >= 15 is 0 Å². The van der Waals surface area contributed by atoms with E-state index in [4.69, 9.17) is 0 Å². The van der Waals surface area contributed by atoms with Gasteiger partial charge in [0.1, 0.15) is 0 Å². The van der Waals surface area contributed by atoms with E-state index in [0.717, 1.165) is 32.0 Å². The van der Waals surface area contributed by atoms with Crippen LogP contribution < -0.4 is 10.6 Å². The summed E-state index contributed by atoms with van der Waals surface area (Å²) in [5.41, 5.74) is 1.22. The number of likely N-dealkylation sites (tertiary alicyclic amines) is 1. The van der Waals surface area contributed by atoms with Gasteiger partial charge in [0.25, 0.3) is 0 Å². The molecular weight excluding hydrogens is 312 g/mol. The van der Waals surface area contributed by atoms with Gasteiger partial charge in [-0.15, -0.1) is 0 Å². The standard InChI is InChI=1S/C20H26N4O/c1-3-19(25)24-11-10-18(14-24)23-20(21-2)22-13-15-8-9-16-6-4-5-7-17(16)12-15/h4-9,12,18H,3,10-11,13-14H2,1-2H3,(H2,21,22,23). The smallest absolute Gasteiger partial charge is 0.222 e. The number of hydrogen-bond donors (Lipinski definition) is 2. The molecule has 1 aliphatic rings. The zero-order chi connectivity index (χ0) is 17.6. The van der Waals surface area contributed by atoms with Crippen molar-refractivity contribution in [2.75, 3.05) is 20.1 Å². The summed E-state index contributed by atoms with van der Waals surface area (Å²) in [4.78, 5) is 18.0. The lowest BCUT2D eigenvalue weighted by Crippen LogP contribution is -2.44. The number of rotatable bonds is 4. The van der Waals surface area contributed by atoms with Crippen molar-refractivity contribution in [2.45, 2.75) is 32.4 Å². The Balaban J connectivity index is 1.55. The van der Waals surface area contributed by atoms with Crippen molar-refractivity contribution in [2.24, 2.45) is 4.99 Å². The highest BCUT2D eigenvalue weighted by molar-refractivity contribution is 5.83. The van der Waals surface area contributed by atoms with Gasteiger partial charge in [0, 0.05) is 39.1 Å². The van der Waals surface area contributed by atoms with E-state index in [2.05, 4.69) is 58.1 Å². The van der Waals surface area contributed by atoms with Crippen LogP contribution in [-0.2, 0) is 11.3 Å². The van der Waals surface area contributed by atoms with Crippen LogP contribution in [0, 0.1) is 0 Å². The lowest BCUT2D eigenvalue weighted by Gasteiger charge is -2.19. The van der Waals surface area contributed by atoms with E-state index in [1.54, 1.807) is 7.05 Å². The van der Waals surface area contributed by atoms with Crippen LogP contribution in [0.3, 0.4) is 0 Å². The van der Waals surface area contributed by atoms with E-state index in [9.17, 15) is 4.79 Å². The van der Waals surface area contributed by atoms with Gasteiger partial charge in [-0.25, -0.2) is 0 Å². The monoisotopic (exact) mass is 338 g/mol. The molecule has 0 spiro atoms. The minimum atomic E-state index is 0.225. The third kappa shape index (κ3) is 4.29. The first-order valence-electron chi connectivity index (χ1n) is 8.92. The molecule has 1 amide bonds. The molecule has 1 aliphatic heterocycles. The number of carbonyl (C=O) groups is 1. The summed E-state index contributed by atoms with van der Waals surface area (Å²) in [6, 6.07) is 15.1. The van der Waals surface area contributed by atoms with Crippen molar-refractivity contribution in [1.82, 2.24) is 15.5 Å². The fraction of sp³-hybridized carbons (Fsp3) is 0.400. The first-order chi connectivity index (χ1) is 12.2. The third-order valence-electron chi connectivity index (χ3n) is 4.68. The highest BCUT2D eigenvalue weighted by Gasteiger charge is 2.25. The van der Waals surface area contributed by atoms with E-state index in [0.29, 0.717) is 6.42 Å². The molecule has 25 heavy (non-hydrogen) atoms. The van der Waals surface area contributed by atoms with Crippen molar-refractivity contribution in [3.8, 4) is 0 Å². The van der Waals surface area contributed by atoms with Gasteiger partial charge in [0.2, 0.25) is 5.91 Å². The van der Waals surface area contributed by atoms with Crippen molar-refractivity contribution >= 4 is 22.6 Å². The molecule has 5 nitrogen and oxygen atoms in total. The molecule has 0 radical (unpaired) electrons. The molecule has 0 aromatic heterocycles. The molecule has 1 atom stereocenters. The van der Waals surface area contributed by atoms with E-state index in [1.807, 2.05) is 11.8 Å². The Morgan fingerprint density at radius 2 is 2.04 bits per heavy atom. The minimum absolute atomic E-state index is 0.225. The summed E-state index contributed by atoms with van der Waals surface area (Å²) in [6.07, 6.45) is 1.53. The first kappa shape index (κ1) is 17.3. The van der Waals surface area contributed by atoms with Crippen LogP contribution in [0.1, 0.15) is 25.3 Å². The average molecular weight is 338 g/mol. The SMILES string of the molecule is CCC(=O)N1CCC(NC(=NC)NCc2ccc3ccccc3c2)C1. The molecule has 2 N–H and O–H groups in total. The number of aliphatic imine (C=N–C) groups is 1. The second-order valence-electron chi connectivity index (χ2n) is 6.43. The second kappa shape index (κ2) is 8.01. The molecule has 3 rings (SSSR count). The van der Waals surface area contributed by atoms with Gasteiger partial charge in [-0.05, 0) is 28.8 Å². The maximum Gasteiger partial charge on any atom is 0.222 e. The van der Waals surface area contributed by atoms with E-state index in [1.165, 1.54) is 16.3 Å². The molecule has 1 fully saturated rings. The van der Waals surface area contributed by atoms with Gasteiger partial charge >= 0.3 is 0 Å². The summed E-state index contributed by atoms with van der Waals surface area (Å²) in [5, 5.41) is 9.29. The lowest BCUT2D eigenvalue weighted by atomic mass is 10.1. The van der Waals surface area contributed by atoms with Crippen molar-refractivity contribution in [1.29, 1.82) is 0 Å². The topological polar surface area (TPSA) is 56.7 Å². The number of guanidine groups is 1. The molecule has 132 valence electrons. The summed E-state index contributed by atoms with van der Waals surface area (Å²) < 4.78 is 0. The van der Waals surface area contributed by atoms with Gasteiger partial charge in [-0.3, -0.25) is 9.79 Å². The molecule has 0 aliphatic carbocycles. The van der Waals surface area contributed by atoms with Crippen molar-refractivity contribution < 1.29 is 4.79 Å². The molecule has 1 unspecified atom stereocenters. The number of hydrogen-bond acceptors (Lipinski definition) is 2. The van der Waals surface area contributed by atoms with Crippen molar-refractivity contribution in [3.05, 3.63) is 48.0 Å². The van der Waals surface area contributed by atoms with Gasteiger partial charge in [0.05, 0.1) is 0 Å². The highest BCUT2D eigenvalue weighted by Crippen LogP contribution is 2.15. The Bertz CT molecular complexity index is 771. The number of nitrogens with zero attached hydrogens (tertiary/aromatic N) is 2. The Hall–Kier alpha value is -2.56. The molecule has 2 aromatic rings. The molecule has 0 saturated carbocycles. The van der Waals surface area contributed by atoms with Crippen LogP contribution >= 0.6 is 0 Å². The predicted octanol–water partition coefficient (Wildman–Crippen LogP) is 2.52. The van der Waals surface area contributed by atoms with Crippen LogP contribution in [0.25, 0.3) is 10.8 Å². The van der Waals surface area contributed by atoms with Crippen LogP contribution in [0.2, 0.25) is 0 Å². The molecule has 2 aromatic carbocycles. The molecular formula is C20H26N4O. The molecule has 1 saturated heterocycles. The molecule has 1 heterocycles. The second-order valence-corrected chi connectivity index (χ2v) is 6.43. The van der Waals surface area contributed by atoms with Crippen LogP contribution in [0.4, 0.5) is 0 Å². The van der Waals surface area contributed by atoms with Crippen LogP contribution in [-0.4, -0.2) is 42.9 Å². The maximum atomic E-state index is 11.8. The van der Waals surface area contributed by atoms with Gasteiger partial charge in [-0.1, -0.05) is 43.3 Å². The Morgan fingerprint density at radius 3 is 2.80 bits per heavy atom. The lowest BCUT2D eigenvalue weighted by molar-refractivity contribution is -0.129. The van der Waals surface area contributed by atoms with Crippen LogP contribution in [0.15, 0.2) is 47.5 Å². The minimum Gasteiger partial charge on any atom is -0.352 e. The third-order valence-corrected chi connectivity index (χ3v) is 4.68. The number of fused-ring (bicyclic) bond motifs is 1. The van der Waals surface area contributed by atoms with Crippen LogP contribution in [0.5, 0.6) is 0 Å². The Kier molecular flexibility index (Phi) is 5.53. The van der Waals surface area contributed by atoms with Gasteiger partial charge in [-0.2, -0.15) is 0 Å². The summed E-state index contributed by atoms with van der Waals surface area (Å²) >= 11 is 0.